The first-order chi connectivity index (χ1) is 7.07. The van der Waals surface area contributed by atoms with Crippen LogP contribution in [0.3, 0.4) is 0 Å². The van der Waals surface area contributed by atoms with Crippen LogP contribution in [0, 0.1) is 0 Å². The molecule has 0 spiro atoms. The second kappa shape index (κ2) is 4.75. The fourth-order valence-corrected chi connectivity index (χ4v) is 1.41. The molecule has 1 aromatic heterocycles. The van der Waals surface area contributed by atoms with Crippen molar-refractivity contribution >= 4 is 5.97 Å². The van der Waals surface area contributed by atoms with Crippen molar-refractivity contribution in [2.45, 2.75) is 6.04 Å². The van der Waals surface area contributed by atoms with Crippen LogP contribution < -0.4 is 4.74 Å². The molecule has 82 valence electrons. The third-order valence-corrected chi connectivity index (χ3v) is 2.04. The Labute approximate surface area is 88.3 Å². The molecule has 0 saturated heterocycles. The molecule has 0 radical (unpaired) electrons. The molecule has 1 heterocycles. The molecule has 0 bridgehead atoms. The maximum atomic E-state index is 11.1. The number of methoxy groups -OCH3 is 1. The van der Waals surface area contributed by atoms with Crippen LogP contribution in [-0.4, -0.2) is 42.2 Å². The Morgan fingerprint density at radius 2 is 2.27 bits per heavy atom. The number of hydrogen-bond donors (Lipinski definition) is 1. The Bertz CT molecular complexity index is 352. The third-order valence-electron chi connectivity index (χ3n) is 2.04. The summed E-state index contributed by atoms with van der Waals surface area (Å²) >= 11 is 0. The predicted octanol–water partition coefficient (Wildman–Crippen LogP) is 0.777. The van der Waals surface area contributed by atoms with Crippen molar-refractivity contribution in [1.82, 2.24) is 9.88 Å². The molecule has 0 fully saturated rings. The van der Waals surface area contributed by atoms with E-state index < -0.39 is 12.0 Å². The Balaban J connectivity index is 3.16. The van der Waals surface area contributed by atoms with Gasteiger partial charge in [0.15, 0.2) is 0 Å². The van der Waals surface area contributed by atoms with E-state index in [-0.39, 0.29) is 0 Å². The number of hydrogen-bond acceptors (Lipinski definition) is 4. The second-order valence-corrected chi connectivity index (χ2v) is 3.31. The van der Waals surface area contributed by atoms with Gasteiger partial charge in [-0.25, -0.2) is 4.98 Å². The summed E-state index contributed by atoms with van der Waals surface area (Å²) in [6.07, 6.45) is 1.57. The van der Waals surface area contributed by atoms with E-state index in [1.807, 2.05) is 0 Å². The summed E-state index contributed by atoms with van der Waals surface area (Å²) in [6, 6.07) is 2.65. The average Bonchev–Trinajstić information content (AvgIpc) is 2.17. The maximum Gasteiger partial charge on any atom is 0.325 e. The summed E-state index contributed by atoms with van der Waals surface area (Å²) in [5, 5.41) is 9.09. The normalized spacial score (nSPS) is 12.5. The Kier molecular flexibility index (Phi) is 3.62. The first-order valence-electron chi connectivity index (χ1n) is 4.46. The van der Waals surface area contributed by atoms with Crippen molar-refractivity contribution in [3.05, 3.63) is 23.9 Å². The molecule has 1 aromatic rings. The zero-order valence-electron chi connectivity index (χ0n) is 8.97. The van der Waals surface area contributed by atoms with Gasteiger partial charge in [0.2, 0.25) is 5.88 Å². The minimum atomic E-state index is -0.925. The van der Waals surface area contributed by atoms with Crippen LogP contribution in [0.15, 0.2) is 18.3 Å². The van der Waals surface area contributed by atoms with E-state index in [0.29, 0.717) is 11.4 Å². The number of likely N-dealkylation sites (N-methyl/N-ethyl adjacent to an activating group) is 1. The van der Waals surface area contributed by atoms with Gasteiger partial charge in [-0.3, -0.25) is 9.69 Å². The van der Waals surface area contributed by atoms with E-state index in [1.165, 1.54) is 7.11 Å². The highest BCUT2D eigenvalue weighted by Crippen LogP contribution is 2.25. The molecule has 0 saturated carbocycles. The molecule has 5 heteroatoms. The van der Waals surface area contributed by atoms with Gasteiger partial charge in [0.25, 0.3) is 0 Å². The largest absolute Gasteiger partial charge is 0.481 e. The quantitative estimate of drug-likeness (QED) is 0.795. The molecule has 5 nitrogen and oxygen atoms in total. The smallest absolute Gasteiger partial charge is 0.325 e. The molecule has 1 atom stereocenters. The summed E-state index contributed by atoms with van der Waals surface area (Å²) < 4.78 is 5.03. The second-order valence-electron chi connectivity index (χ2n) is 3.31. The highest BCUT2D eigenvalue weighted by atomic mass is 16.5. The van der Waals surface area contributed by atoms with E-state index in [0.717, 1.165) is 0 Å². The molecule has 15 heavy (non-hydrogen) atoms. The van der Waals surface area contributed by atoms with Gasteiger partial charge in [0.05, 0.1) is 7.11 Å². The first kappa shape index (κ1) is 11.5. The summed E-state index contributed by atoms with van der Waals surface area (Å²) in [5.74, 6) is -0.579. The number of carboxylic acid groups (broad SMARTS) is 1. The SMILES string of the molecule is COc1ncccc1C(C(=O)O)N(C)C. The lowest BCUT2D eigenvalue weighted by molar-refractivity contribution is -0.142. The molecule has 0 aliphatic rings. The Morgan fingerprint density at radius 3 is 2.73 bits per heavy atom. The van der Waals surface area contributed by atoms with Crippen molar-refractivity contribution in [1.29, 1.82) is 0 Å². The van der Waals surface area contributed by atoms with Gasteiger partial charge < -0.3 is 9.84 Å². The Morgan fingerprint density at radius 1 is 1.60 bits per heavy atom. The molecule has 1 N–H and O–H groups in total. The van der Waals surface area contributed by atoms with Crippen molar-refractivity contribution < 1.29 is 14.6 Å². The van der Waals surface area contributed by atoms with E-state index in [2.05, 4.69) is 4.98 Å². The van der Waals surface area contributed by atoms with Gasteiger partial charge in [-0.15, -0.1) is 0 Å². The van der Waals surface area contributed by atoms with Crippen LogP contribution in [0.5, 0.6) is 5.88 Å². The van der Waals surface area contributed by atoms with Crippen LogP contribution in [0.2, 0.25) is 0 Å². The topological polar surface area (TPSA) is 62.7 Å². The van der Waals surface area contributed by atoms with E-state index in [1.54, 1.807) is 37.3 Å². The zero-order valence-corrected chi connectivity index (χ0v) is 8.97. The fraction of sp³-hybridized carbons (Fsp3) is 0.400. The lowest BCUT2D eigenvalue weighted by Crippen LogP contribution is -2.28. The number of nitrogens with zero attached hydrogens (tertiary/aromatic N) is 2. The van der Waals surface area contributed by atoms with Crippen LogP contribution in [0.1, 0.15) is 11.6 Å². The highest BCUT2D eigenvalue weighted by molar-refractivity contribution is 5.76. The summed E-state index contributed by atoms with van der Waals surface area (Å²) in [7, 11) is 4.87. The summed E-state index contributed by atoms with van der Waals surface area (Å²) in [4.78, 5) is 16.7. The zero-order chi connectivity index (χ0) is 11.4. The van der Waals surface area contributed by atoms with Crippen molar-refractivity contribution in [3.8, 4) is 5.88 Å². The number of carboxylic acids is 1. The lowest BCUT2D eigenvalue weighted by atomic mass is 10.1. The van der Waals surface area contributed by atoms with Crippen LogP contribution in [0.4, 0.5) is 0 Å². The van der Waals surface area contributed by atoms with Gasteiger partial charge in [0, 0.05) is 11.8 Å². The van der Waals surface area contributed by atoms with Gasteiger partial charge in [-0.2, -0.15) is 0 Å². The average molecular weight is 210 g/mol. The third kappa shape index (κ3) is 2.44. The molecule has 0 aliphatic heterocycles. The van der Waals surface area contributed by atoms with E-state index >= 15 is 0 Å². The lowest BCUT2D eigenvalue weighted by Gasteiger charge is -2.21. The molecule has 0 amide bonds. The standard InChI is InChI=1S/C10H14N2O3/c1-12(2)8(10(13)14)7-5-4-6-11-9(7)15-3/h4-6,8H,1-3H3,(H,13,14). The van der Waals surface area contributed by atoms with Crippen LogP contribution in [0.25, 0.3) is 0 Å². The molecule has 1 unspecified atom stereocenters. The van der Waals surface area contributed by atoms with E-state index in [9.17, 15) is 4.79 Å². The van der Waals surface area contributed by atoms with E-state index in [4.69, 9.17) is 9.84 Å². The van der Waals surface area contributed by atoms with Gasteiger partial charge >= 0.3 is 5.97 Å². The molecular weight excluding hydrogens is 196 g/mol. The molecular formula is C10H14N2O3. The summed E-state index contributed by atoms with van der Waals surface area (Å²) in [6.45, 7) is 0. The predicted molar refractivity (Wildman–Crippen MR) is 54.9 cm³/mol. The minimum Gasteiger partial charge on any atom is -0.481 e. The fourth-order valence-electron chi connectivity index (χ4n) is 1.41. The number of rotatable bonds is 4. The number of ether oxygens (including phenoxy) is 1. The summed E-state index contributed by atoms with van der Waals surface area (Å²) in [5.41, 5.74) is 0.553. The Hall–Kier alpha value is -1.62. The van der Waals surface area contributed by atoms with Crippen molar-refractivity contribution in [2.75, 3.05) is 21.2 Å². The minimum absolute atomic E-state index is 0.346. The van der Waals surface area contributed by atoms with Gasteiger partial charge in [0.1, 0.15) is 6.04 Å². The molecule has 1 rings (SSSR count). The number of pyridine rings is 1. The van der Waals surface area contributed by atoms with Crippen LogP contribution in [-0.2, 0) is 4.79 Å². The first-order valence-corrected chi connectivity index (χ1v) is 4.46. The molecule has 0 aromatic carbocycles. The van der Waals surface area contributed by atoms with Crippen molar-refractivity contribution in [2.24, 2.45) is 0 Å². The van der Waals surface area contributed by atoms with Gasteiger partial charge in [-0.05, 0) is 26.2 Å². The number of aliphatic carboxylic acids is 1. The van der Waals surface area contributed by atoms with Gasteiger partial charge in [-0.1, -0.05) is 0 Å². The maximum absolute atomic E-state index is 11.1. The number of aromatic nitrogens is 1. The van der Waals surface area contributed by atoms with Crippen LogP contribution >= 0.6 is 0 Å². The number of carbonyl (C=O) groups is 1. The highest BCUT2D eigenvalue weighted by Gasteiger charge is 2.25. The van der Waals surface area contributed by atoms with Crippen molar-refractivity contribution in [3.63, 3.8) is 0 Å². The monoisotopic (exact) mass is 210 g/mol. The molecule has 0 aliphatic carbocycles.